The Balaban J connectivity index is 1.63. The molecule has 2 fully saturated rings. The normalized spacial score (nSPS) is 26.3. The third-order valence-corrected chi connectivity index (χ3v) is 6.80. The molecule has 3 atom stereocenters. The van der Waals surface area contributed by atoms with E-state index in [-0.39, 0.29) is 6.10 Å². The predicted octanol–water partition coefficient (Wildman–Crippen LogP) is 5.18. The van der Waals surface area contributed by atoms with Gasteiger partial charge in [0.2, 0.25) is 0 Å². The summed E-state index contributed by atoms with van der Waals surface area (Å²) in [7, 11) is 0. The first-order chi connectivity index (χ1) is 13.8. The number of hydrogen-bond donors (Lipinski definition) is 0. The SMILES string of the molecule is CC(C)[C@@H]1CC[C@@H](C)C[C@@H]1OC(=O)COC(=O)C1(c2ccccc2F)CCCC1. The van der Waals surface area contributed by atoms with Crippen molar-refractivity contribution in [1.29, 1.82) is 0 Å². The van der Waals surface area contributed by atoms with Gasteiger partial charge in [-0.3, -0.25) is 4.79 Å². The molecule has 0 aromatic heterocycles. The van der Waals surface area contributed by atoms with Gasteiger partial charge in [0.05, 0.1) is 5.41 Å². The van der Waals surface area contributed by atoms with E-state index in [2.05, 4.69) is 20.8 Å². The molecule has 0 unspecified atom stereocenters. The number of carbonyl (C=O) groups excluding carboxylic acids is 2. The molecule has 4 nitrogen and oxygen atoms in total. The summed E-state index contributed by atoms with van der Waals surface area (Å²) >= 11 is 0. The maximum Gasteiger partial charge on any atom is 0.344 e. The first-order valence-electron chi connectivity index (χ1n) is 10.9. The number of rotatable bonds is 6. The van der Waals surface area contributed by atoms with Gasteiger partial charge in [-0.2, -0.15) is 0 Å². The summed E-state index contributed by atoms with van der Waals surface area (Å²) < 4.78 is 25.5. The molecule has 29 heavy (non-hydrogen) atoms. The van der Waals surface area contributed by atoms with Crippen molar-refractivity contribution in [2.24, 2.45) is 17.8 Å². The van der Waals surface area contributed by atoms with Crippen LogP contribution in [0.3, 0.4) is 0 Å². The summed E-state index contributed by atoms with van der Waals surface area (Å²) in [5, 5.41) is 0. The molecule has 2 aliphatic carbocycles. The van der Waals surface area contributed by atoms with Crippen LogP contribution in [0, 0.1) is 23.6 Å². The van der Waals surface area contributed by atoms with Crippen LogP contribution < -0.4 is 0 Å². The van der Waals surface area contributed by atoms with Crippen LogP contribution in [0.4, 0.5) is 4.39 Å². The van der Waals surface area contributed by atoms with Crippen LogP contribution in [0.2, 0.25) is 0 Å². The molecule has 0 saturated heterocycles. The molecular weight excluding hydrogens is 371 g/mol. The average Bonchev–Trinajstić information content (AvgIpc) is 3.17. The highest BCUT2D eigenvalue weighted by Crippen LogP contribution is 2.43. The van der Waals surface area contributed by atoms with Crippen molar-refractivity contribution >= 4 is 11.9 Å². The van der Waals surface area contributed by atoms with Crippen LogP contribution in [0.15, 0.2) is 24.3 Å². The highest BCUT2D eigenvalue weighted by atomic mass is 19.1. The zero-order valence-electron chi connectivity index (χ0n) is 17.8. The Morgan fingerprint density at radius 3 is 2.52 bits per heavy atom. The van der Waals surface area contributed by atoms with E-state index < -0.39 is 29.8 Å². The fourth-order valence-electron chi connectivity index (χ4n) is 5.13. The monoisotopic (exact) mass is 404 g/mol. The van der Waals surface area contributed by atoms with E-state index in [1.807, 2.05) is 0 Å². The van der Waals surface area contributed by atoms with E-state index in [1.165, 1.54) is 6.07 Å². The number of esters is 2. The third kappa shape index (κ3) is 4.81. The van der Waals surface area contributed by atoms with Crippen LogP contribution in [-0.4, -0.2) is 24.6 Å². The lowest BCUT2D eigenvalue weighted by atomic mass is 9.75. The molecule has 0 spiro atoms. The van der Waals surface area contributed by atoms with E-state index in [4.69, 9.17) is 9.47 Å². The summed E-state index contributed by atoms with van der Waals surface area (Å²) in [5.74, 6) is -0.131. The minimum Gasteiger partial charge on any atom is -0.460 e. The van der Waals surface area contributed by atoms with Gasteiger partial charge in [-0.25, -0.2) is 9.18 Å². The van der Waals surface area contributed by atoms with Gasteiger partial charge in [-0.15, -0.1) is 0 Å². The van der Waals surface area contributed by atoms with Crippen LogP contribution in [-0.2, 0) is 24.5 Å². The van der Waals surface area contributed by atoms with Gasteiger partial charge in [0, 0.05) is 5.56 Å². The van der Waals surface area contributed by atoms with Crippen LogP contribution >= 0.6 is 0 Å². The van der Waals surface area contributed by atoms with Crippen molar-refractivity contribution < 1.29 is 23.5 Å². The third-order valence-electron chi connectivity index (χ3n) is 6.80. The molecule has 0 amide bonds. The van der Waals surface area contributed by atoms with Gasteiger partial charge in [0.1, 0.15) is 11.9 Å². The highest BCUT2D eigenvalue weighted by Gasteiger charge is 2.46. The van der Waals surface area contributed by atoms with E-state index in [9.17, 15) is 14.0 Å². The number of carbonyl (C=O) groups is 2. The molecule has 160 valence electrons. The number of benzene rings is 1. The number of halogens is 1. The van der Waals surface area contributed by atoms with Crippen molar-refractivity contribution in [1.82, 2.24) is 0 Å². The van der Waals surface area contributed by atoms with Gasteiger partial charge in [-0.1, -0.05) is 58.2 Å². The molecule has 5 heteroatoms. The van der Waals surface area contributed by atoms with Crippen LogP contribution in [0.1, 0.15) is 71.3 Å². The maximum absolute atomic E-state index is 14.4. The smallest absolute Gasteiger partial charge is 0.344 e. The zero-order chi connectivity index (χ0) is 21.0. The summed E-state index contributed by atoms with van der Waals surface area (Å²) in [4.78, 5) is 25.4. The minimum absolute atomic E-state index is 0.128. The lowest BCUT2D eigenvalue weighted by molar-refractivity contribution is -0.169. The fourth-order valence-corrected chi connectivity index (χ4v) is 5.13. The van der Waals surface area contributed by atoms with Gasteiger partial charge in [0.25, 0.3) is 0 Å². The molecule has 2 saturated carbocycles. The van der Waals surface area contributed by atoms with E-state index in [0.717, 1.165) is 32.1 Å². The first-order valence-corrected chi connectivity index (χ1v) is 10.9. The van der Waals surface area contributed by atoms with Crippen LogP contribution in [0.25, 0.3) is 0 Å². The summed E-state index contributed by atoms with van der Waals surface area (Å²) in [6.07, 6.45) is 5.67. The minimum atomic E-state index is -0.995. The molecule has 1 aromatic rings. The Hall–Kier alpha value is -1.91. The highest BCUT2D eigenvalue weighted by molar-refractivity contribution is 5.85. The molecule has 0 heterocycles. The Labute approximate surface area is 173 Å². The molecule has 3 rings (SSSR count). The first kappa shape index (κ1) is 21.8. The average molecular weight is 405 g/mol. The van der Waals surface area contributed by atoms with Crippen molar-refractivity contribution in [2.75, 3.05) is 6.61 Å². The van der Waals surface area contributed by atoms with Crippen molar-refractivity contribution in [2.45, 2.75) is 77.2 Å². The van der Waals surface area contributed by atoms with Gasteiger partial charge in [-0.05, 0) is 49.5 Å². The van der Waals surface area contributed by atoms with E-state index >= 15 is 0 Å². The molecule has 2 aliphatic rings. The lowest BCUT2D eigenvalue weighted by Crippen LogP contribution is -2.39. The van der Waals surface area contributed by atoms with Crippen molar-refractivity contribution in [3.8, 4) is 0 Å². The Morgan fingerprint density at radius 1 is 1.17 bits per heavy atom. The fraction of sp³-hybridized carbons (Fsp3) is 0.667. The quantitative estimate of drug-likeness (QED) is 0.613. The number of ether oxygens (including phenoxy) is 2. The van der Waals surface area contributed by atoms with Crippen molar-refractivity contribution in [3.05, 3.63) is 35.6 Å². The molecule has 1 aromatic carbocycles. The van der Waals surface area contributed by atoms with Gasteiger partial charge < -0.3 is 9.47 Å². The van der Waals surface area contributed by atoms with Gasteiger partial charge in [0.15, 0.2) is 6.61 Å². The molecule has 0 aliphatic heterocycles. The second-order valence-corrected chi connectivity index (χ2v) is 9.20. The van der Waals surface area contributed by atoms with E-state index in [1.54, 1.807) is 18.2 Å². The van der Waals surface area contributed by atoms with Crippen LogP contribution in [0.5, 0.6) is 0 Å². The Kier molecular flexibility index (Phi) is 6.97. The zero-order valence-corrected chi connectivity index (χ0v) is 17.8. The Bertz CT molecular complexity index is 723. The van der Waals surface area contributed by atoms with Crippen molar-refractivity contribution in [3.63, 3.8) is 0 Å². The molecule has 0 radical (unpaired) electrons. The number of hydrogen-bond acceptors (Lipinski definition) is 4. The largest absolute Gasteiger partial charge is 0.460 e. The lowest BCUT2D eigenvalue weighted by Gasteiger charge is -2.36. The van der Waals surface area contributed by atoms with Gasteiger partial charge >= 0.3 is 11.9 Å². The molecular formula is C24H33FO4. The molecule has 0 bridgehead atoms. The summed E-state index contributed by atoms with van der Waals surface area (Å²) in [6, 6.07) is 6.36. The maximum atomic E-state index is 14.4. The molecule has 0 N–H and O–H groups in total. The summed E-state index contributed by atoms with van der Waals surface area (Å²) in [5.41, 5.74) is -0.623. The second kappa shape index (κ2) is 9.27. The summed E-state index contributed by atoms with van der Waals surface area (Å²) in [6.45, 7) is 6.07. The van der Waals surface area contributed by atoms with E-state index in [0.29, 0.717) is 36.2 Å². The topological polar surface area (TPSA) is 52.6 Å². The standard InChI is InChI=1S/C24H33FO4/c1-16(2)18-11-10-17(3)14-21(18)29-22(26)15-28-23(27)24(12-6-7-13-24)19-8-4-5-9-20(19)25/h4-5,8-9,16-18,21H,6-7,10-15H2,1-3H3/t17-,18+,21+/m1/s1. The Morgan fingerprint density at radius 2 is 1.86 bits per heavy atom. The predicted molar refractivity (Wildman–Crippen MR) is 109 cm³/mol. The second-order valence-electron chi connectivity index (χ2n) is 9.20.